The number of pyridine rings is 1. The minimum Gasteiger partial charge on any atom is -0.346 e. The largest absolute Gasteiger partial charge is 0.346 e. The molecule has 118 valence electrons. The van der Waals surface area contributed by atoms with Gasteiger partial charge in [-0.15, -0.1) is 0 Å². The number of aromatic nitrogens is 5. The van der Waals surface area contributed by atoms with Crippen molar-refractivity contribution in [3.63, 3.8) is 0 Å². The van der Waals surface area contributed by atoms with Gasteiger partial charge in [0, 0.05) is 24.2 Å². The molecule has 3 rings (SSSR count). The van der Waals surface area contributed by atoms with Gasteiger partial charge in [-0.2, -0.15) is 5.10 Å². The van der Waals surface area contributed by atoms with Crippen LogP contribution in [-0.4, -0.2) is 25.1 Å². The number of rotatable bonds is 5. The summed E-state index contributed by atoms with van der Waals surface area (Å²) in [6.07, 6.45) is 5.42. The summed E-state index contributed by atoms with van der Waals surface area (Å²) in [6, 6.07) is 7.78. The van der Waals surface area contributed by atoms with E-state index < -0.39 is 0 Å². The maximum absolute atomic E-state index is 4.61. The van der Waals surface area contributed by atoms with Gasteiger partial charge in [-0.05, 0) is 31.0 Å². The first-order chi connectivity index (χ1) is 11.1. The van der Waals surface area contributed by atoms with Crippen LogP contribution in [-0.2, 0) is 0 Å². The molecule has 3 aromatic heterocycles. The van der Waals surface area contributed by atoms with E-state index in [-0.39, 0.29) is 6.04 Å². The van der Waals surface area contributed by atoms with Crippen molar-refractivity contribution in [2.24, 2.45) is 0 Å². The topological polar surface area (TPSA) is 79.4 Å². The van der Waals surface area contributed by atoms with Crippen molar-refractivity contribution < 1.29 is 0 Å². The first kappa shape index (κ1) is 15.1. The Bertz CT molecular complexity index is 766. The second-order valence-electron chi connectivity index (χ2n) is 5.72. The van der Waals surface area contributed by atoms with Crippen molar-refractivity contribution in [3.05, 3.63) is 54.2 Å². The summed E-state index contributed by atoms with van der Waals surface area (Å²) in [6.45, 7) is 6.27. The predicted molar refractivity (Wildman–Crippen MR) is 90.0 cm³/mol. The third-order valence-corrected chi connectivity index (χ3v) is 3.63. The van der Waals surface area contributed by atoms with E-state index >= 15 is 0 Å². The van der Waals surface area contributed by atoms with E-state index in [2.05, 4.69) is 44.3 Å². The van der Waals surface area contributed by atoms with Crippen molar-refractivity contribution in [1.82, 2.24) is 25.1 Å². The van der Waals surface area contributed by atoms with Crippen LogP contribution in [0.15, 0.2) is 42.9 Å². The molecule has 0 unspecified atom stereocenters. The van der Waals surface area contributed by atoms with Gasteiger partial charge in [-0.1, -0.05) is 19.9 Å². The fraction of sp³-hybridized carbons (Fsp3) is 0.294. The Morgan fingerprint density at radius 3 is 2.65 bits per heavy atom. The van der Waals surface area contributed by atoms with Gasteiger partial charge in [0.1, 0.15) is 0 Å². The fourth-order valence-electron chi connectivity index (χ4n) is 2.42. The highest BCUT2D eigenvalue weighted by molar-refractivity contribution is 5.62. The molecule has 0 bridgehead atoms. The predicted octanol–water partition coefficient (Wildman–Crippen LogP) is 3.56. The number of aromatic amines is 1. The first-order valence-electron chi connectivity index (χ1n) is 7.69. The highest BCUT2D eigenvalue weighted by Crippen LogP contribution is 2.26. The van der Waals surface area contributed by atoms with E-state index in [4.69, 9.17) is 0 Å². The molecular weight excluding hydrogens is 288 g/mol. The molecule has 23 heavy (non-hydrogen) atoms. The van der Waals surface area contributed by atoms with Crippen LogP contribution in [0.5, 0.6) is 0 Å². The molecule has 0 aliphatic carbocycles. The molecule has 6 heteroatoms. The van der Waals surface area contributed by atoms with E-state index in [0.717, 1.165) is 22.6 Å². The number of nitrogens with zero attached hydrogens (tertiary/aromatic N) is 4. The summed E-state index contributed by atoms with van der Waals surface area (Å²) < 4.78 is 0. The molecule has 0 aromatic carbocycles. The first-order valence-corrected chi connectivity index (χ1v) is 7.69. The lowest BCUT2D eigenvalue weighted by Crippen LogP contribution is -2.11. The Morgan fingerprint density at radius 1 is 1.04 bits per heavy atom. The second kappa shape index (κ2) is 6.56. The quantitative estimate of drug-likeness (QED) is 0.753. The Labute approximate surface area is 135 Å². The average Bonchev–Trinajstić information content (AvgIpc) is 3.06. The summed E-state index contributed by atoms with van der Waals surface area (Å²) in [4.78, 5) is 13.3. The van der Waals surface area contributed by atoms with E-state index in [9.17, 15) is 0 Å². The lowest BCUT2D eigenvalue weighted by atomic mass is 10.0. The lowest BCUT2D eigenvalue weighted by molar-refractivity contribution is 0.810. The third-order valence-electron chi connectivity index (χ3n) is 3.63. The summed E-state index contributed by atoms with van der Waals surface area (Å²) in [5.41, 5.74) is 3.82. The monoisotopic (exact) mass is 308 g/mol. The molecule has 0 amide bonds. The Kier molecular flexibility index (Phi) is 4.32. The Morgan fingerprint density at radius 2 is 1.91 bits per heavy atom. The summed E-state index contributed by atoms with van der Waals surface area (Å²) in [5.74, 6) is 0.909. The smallest absolute Gasteiger partial charge is 0.223 e. The van der Waals surface area contributed by atoms with Crippen molar-refractivity contribution in [2.75, 3.05) is 5.32 Å². The highest BCUT2D eigenvalue weighted by Gasteiger charge is 2.14. The second-order valence-corrected chi connectivity index (χ2v) is 5.72. The van der Waals surface area contributed by atoms with Crippen LogP contribution in [0.4, 0.5) is 5.95 Å². The average molecular weight is 308 g/mol. The molecule has 0 saturated heterocycles. The number of hydrogen-bond acceptors (Lipinski definition) is 5. The van der Waals surface area contributed by atoms with Gasteiger partial charge < -0.3 is 5.32 Å². The normalized spacial score (nSPS) is 12.3. The van der Waals surface area contributed by atoms with Crippen molar-refractivity contribution in [1.29, 1.82) is 0 Å². The van der Waals surface area contributed by atoms with Gasteiger partial charge in [0.2, 0.25) is 5.95 Å². The van der Waals surface area contributed by atoms with Gasteiger partial charge in [-0.3, -0.25) is 10.1 Å². The van der Waals surface area contributed by atoms with Crippen molar-refractivity contribution in [2.45, 2.75) is 32.7 Å². The van der Waals surface area contributed by atoms with E-state index in [1.807, 2.05) is 37.4 Å². The highest BCUT2D eigenvalue weighted by atomic mass is 15.1. The molecule has 0 saturated carbocycles. The molecule has 0 aliphatic rings. The molecule has 0 radical (unpaired) electrons. The number of anilines is 1. The number of H-pyrrole nitrogens is 1. The maximum atomic E-state index is 4.61. The minimum absolute atomic E-state index is 0.0281. The molecule has 0 aliphatic heterocycles. The molecule has 6 nitrogen and oxygen atoms in total. The summed E-state index contributed by atoms with van der Waals surface area (Å²) >= 11 is 0. The molecule has 0 spiro atoms. The van der Waals surface area contributed by atoms with Gasteiger partial charge in [0.25, 0.3) is 0 Å². The number of nitrogens with one attached hydrogen (secondary N) is 2. The van der Waals surface area contributed by atoms with Gasteiger partial charge in [-0.25, -0.2) is 9.97 Å². The van der Waals surface area contributed by atoms with Crippen LogP contribution in [0, 0.1) is 0 Å². The zero-order valence-corrected chi connectivity index (χ0v) is 13.5. The minimum atomic E-state index is 0.0281. The zero-order valence-electron chi connectivity index (χ0n) is 13.5. The third kappa shape index (κ3) is 3.36. The van der Waals surface area contributed by atoms with Crippen LogP contribution in [0.1, 0.15) is 44.1 Å². The van der Waals surface area contributed by atoms with E-state index in [1.54, 1.807) is 12.4 Å². The molecule has 1 atom stereocenters. The van der Waals surface area contributed by atoms with Crippen LogP contribution in [0.25, 0.3) is 11.3 Å². The maximum Gasteiger partial charge on any atom is 0.223 e. The van der Waals surface area contributed by atoms with Gasteiger partial charge >= 0.3 is 0 Å². The molecule has 2 N–H and O–H groups in total. The Balaban J connectivity index is 1.84. The van der Waals surface area contributed by atoms with E-state index in [0.29, 0.717) is 11.9 Å². The fourth-order valence-corrected chi connectivity index (χ4v) is 2.42. The van der Waals surface area contributed by atoms with Crippen LogP contribution in [0.3, 0.4) is 0 Å². The molecule has 3 heterocycles. The van der Waals surface area contributed by atoms with E-state index in [1.165, 1.54) is 0 Å². The molecule has 3 aromatic rings. The van der Waals surface area contributed by atoms with Crippen LogP contribution >= 0.6 is 0 Å². The SMILES string of the molecule is CC(C)c1n[nH]cc1-c1ccnc(N[C@H](C)c2ccccn2)n1. The van der Waals surface area contributed by atoms with Crippen LogP contribution < -0.4 is 5.32 Å². The van der Waals surface area contributed by atoms with Crippen molar-refractivity contribution in [3.8, 4) is 11.3 Å². The van der Waals surface area contributed by atoms with Crippen molar-refractivity contribution >= 4 is 5.95 Å². The number of hydrogen-bond donors (Lipinski definition) is 2. The Hall–Kier alpha value is -2.76. The standard InChI is InChI=1S/C17H20N6/c1-11(2)16-13(10-20-23-16)15-7-9-19-17(22-15)21-12(3)14-6-4-5-8-18-14/h4-12H,1-3H3,(H,20,23)(H,19,21,22)/t12-/m1/s1. The van der Waals surface area contributed by atoms with Crippen LogP contribution in [0.2, 0.25) is 0 Å². The van der Waals surface area contributed by atoms with Gasteiger partial charge in [0.05, 0.1) is 23.1 Å². The zero-order chi connectivity index (χ0) is 16.2. The summed E-state index contributed by atoms with van der Waals surface area (Å²) in [5, 5.41) is 10.5. The molecule has 0 fully saturated rings. The summed E-state index contributed by atoms with van der Waals surface area (Å²) in [7, 11) is 0. The molecular formula is C17H20N6. The van der Waals surface area contributed by atoms with Gasteiger partial charge in [0.15, 0.2) is 0 Å². The lowest BCUT2D eigenvalue weighted by Gasteiger charge is -2.13.